The molecule has 4 rings (SSSR count). The molecule has 1 saturated heterocycles. The van der Waals surface area contributed by atoms with E-state index in [1.54, 1.807) is 6.20 Å². The van der Waals surface area contributed by atoms with Crippen LogP contribution in [-0.4, -0.2) is 52.2 Å². The zero-order valence-corrected chi connectivity index (χ0v) is 13.0. The summed E-state index contributed by atoms with van der Waals surface area (Å²) in [4.78, 5) is 2.33. The Morgan fingerprint density at radius 3 is 3.00 bits per heavy atom. The lowest BCUT2D eigenvalue weighted by Gasteiger charge is -2.19. The van der Waals surface area contributed by atoms with Crippen molar-refractivity contribution in [2.45, 2.75) is 25.0 Å². The van der Waals surface area contributed by atoms with Crippen molar-refractivity contribution in [3.05, 3.63) is 36.2 Å². The summed E-state index contributed by atoms with van der Waals surface area (Å²) in [5, 5.41) is 7.97. The highest BCUT2D eigenvalue weighted by atomic mass is 16.5. The molecule has 0 radical (unpaired) electrons. The van der Waals surface area contributed by atoms with Gasteiger partial charge in [0.15, 0.2) is 11.5 Å². The number of rotatable bonds is 3. The van der Waals surface area contributed by atoms with Crippen molar-refractivity contribution in [1.82, 2.24) is 19.9 Å². The molecule has 0 aliphatic carbocycles. The molecule has 7 nitrogen and oxygen atoms in total. The number of likely N-dealkylation sites (tertiary alicyclic amines) is 1. The van der Waals surface area contributed by atoms with Crippen molar-refractivity contribution in [2.75, 3.05) is 26.3 Å². The van der Waals surface area contributed by atoms with E-state index in [0.29, 0.717) is 13.2 Å². The van der Waals surface area contributed by atoms with Crippen LogP contribution in [-0.2, 0) is 6.54 Å². The van der Waals surface area contributed by atoms with E-state index in [-0.39, 0.29) is 12.1 Å². The highest BCUT2D eigenvalue weighted by Crippen LogP contribution is 2.34. The van der Waals surface area contributed by atoms with Crippen molar-refractivity contribution < 1.29 is 9.47 Å². The Hall–Kier alpha value is -2.12. The van der Waals surface area contributed by atoms with Gasteiger partial charge in [0.1, 0.15) is 0 Å². The molecule has 122 valence electrons. The van der Waals surface area contributed by atoms with Gasteiger partial charge in [-0.3, -0.25) is 4.90 Å². The van der Waals surface area contributed by atoms with Crippen LogP contribution < -0.4 is 15.2 Å². The van der Waals surface area contributed by atoms with Gasteiger partial charge in [-0.2, -0.15) is 0 Å². The minimum absolute atomic E-state index is 0.0520. The predicted molar refractivity (Wildman–Crippen MR) is 84.4 cm³/mol. The van der Waals surface area contributed by atoms with E-state index in [1.807, 2.05) is 23.0 Å². The minimum Gasteiger partial charge on any atom is -0.490 e. The molecule has 2 aliphatic heterocycles. The van der Waals surface area contributed by atoms with Gasteiger partial charge in [0.05, 0.1) is 25.5 Å². The fraction of sp³-hybridized carbons (Fsp3) is 0.500. The first kappa shape index (κ1) is 14.5. The van der Waals surface area contributed by atoms with E-state index in [1.165, 1.54) is 0 Å². The molecular formula is C16H21N5O2. The van der Waals surface area contributed by atoms with Gasteiger partial charge < -0.3 is 15.2 Å². The Labute approximate surface area is 135 Å². The van der Waals surface area contributed by atoms with E-state index in [9.17, 15) is 0 Å². The van der Waals surface area contributed by atoms with E-state index >= 15 is 0 Å². The molecule has 7 heteroatoms. The highest BCUT2D eigenvalue weighted by molar-refractivity contribution is 5.47. The molecule has 2 aliphatic rings. The van der Waals surface area contributed by atoms with Crippen molar-refractivity contribution in [3.8, 4) is 11.5 Å². The molecule has 0 amide bonds. The number of fused-ring (bicyclic) bond motifs is 1. The van der Waals surface area contributed by atoms with E-state index in [2.05, 4.69) is 21.3 Å². The minimum atomic E-state index is 0.0520. The van der Waals surface area contributed by atoms with Gasteiger partial charge in [-0.15, -0.1) is 5.10 Å². The van der Waals surface area contributed by atoms with Crippen LogP contribution in [0.4, 0.5) is 0 Å². The maximum absolute atomic E-state index is 6.29. The SMILES string of the molecule is N[C@@H]1CN(Cc2cccc3c2OCCCO3)C[C@@H]1n1ccnn1. The Kier molecular flexibility index (Phi) is 3.88. The van der Waals surface area contributed by atoms with Crippen LogP contribution in [0.15, 0.2) is 30.6 Å². The van der Waals surface area contributed by atoms with Crippen LogP contribution >= 0.6 is 0 Å². The van der Waals surface area contributed by atoms with E-state index < -0.39 is 0 Å². The van der Waals surface area contributed by atoms with Gasteiger partial charge in [0, 0.05) is 43.9 Å². The maximum Gasteiger partial charge on any atom is 0.165 e. The monoisotopic (exact) mass is 315 g/mol. The molecule has 2 aromatic rings. The fourth-order valence-corrected chi connectivity index (χ4v) is 3.32. The summed E-state index contributed by atoms with van der Waals surface area (Å²) in [5.74, 6) is 1.72. The number of nitrogens with zero attached hydrogens (tertiary/aromatic N) is 4. The summed E-state index contributed by atoms with van der Waals surface area (Å²) in [6.07, 6.45) is 4.48. The molecular weight excluding hydrogens is 294 g/mol. The summed E-state index contributed by atoms with van der Waals surface area (Å²) in [6.45, 7) is 3.89. The molecule has 1 aromatic carbocycles. The third-order valence-electron chi connectivity index (χ3n) is 4.44. The third kappa shape index (κ3) is 2.89. The van der Waals surface area contributed by atoms with Crippen molar-refractivity contribution in [1.29, 1.82) is 0 Å². The normalized spacial score (nSPS) is 24.6. The zero-order chi connectivity index (χ0) is 15.6. The Balaban J connectivity index is 1.51. The zero-order valence-electron chi connectivity index (χ0n) is 13.0. The molecule has 2 atom stereocenters. The second kappa shape index (κ2) is 6.17. The van der Waals surface area contributed by atoms with Crippen molar-refractivity contribution in [2.24, 2.45) is 5.73 Å². The van der Waals surface area contributed by atoms with Gasteiger partial charge >= 0.3 is 0 Å². The average Bonchev–Trinajstić information content (AvgIpc) is 3.12. The Bertz CT molecular complexity index is 660. The lowest BCUT2D eigenvalue weighted by Crippen LogP contribution is -2.31. The van der Waals surface area contributed by atoms with Crippen LogP contribution in [0.2, 0.25) is 0 Å². The van der Waals surface area contributed by atoms with Crippen LogP contribution in [0.25, 0.3) is 0 Å². The molecule has 0 saturated carbocycles. The number of nitrogens with two attached hydrogens (primary N) is 1. The number of benzene rings is 1. The molecule has 0 spiro atoms. The fourth-order valence-electron chi connectivity index (χ4n) is 3.32. The van der Waals surface area contributed by atoms with Crippen molar-refractivity contribution in [3.63, 3.8) is 0 Å². The summed E-state index contributed by atoms with van der Waals surface area (Å²) in [6, 6.07) is 6.31. The molecule has 1 fully saturated rings. The summed E-state index contributed by atoms with van der Waals surface area (Å²) in [7, 11) is 0. The smallest absolute Gasteiger partial charge is 0.165 e. The first-order valence-electron chi connectivity index (χ1n) is 8.02. The predicted octanol–water partition coefficient (Wildman–Crippen LogP) is 0.824. The van der Waals surface area contributed by atoms with Crippen molar-refractivity contribution >= 4 is 0 Å². The average molecular weight is 315 g/mol. The molecule has 23 heavy (non-hydrogen) atoms. The highest BCUT2D eigenvalue weighted by Gasteiger charge is 2.32. The van der Waals surface area contributed by atoms with Crippen LogP contribution in [0, 0.1) is 0 Å². The van der Waals surface area contributed by atoms with Gasteiger partial charge in [-0.05, 0) is 6.07 Å². The number of aromatic nitrogens is 3. The lowest BCUT2D eigenvalue weighted by molar-refractivity contribution is 0.285. The number of hydrogen-bond acceptors (Lipinski definition) is 6. The number of ether oxygens (including phenoxy) is 2. The third-order valence-corrected chi connectivity index (χ3v) is 4.44. The number of para-hydroxylation sites is 1. The van der Waals surface area contributed by atoms with E-state index in [0.717, 1.165) is 43.1 Å². The van der Waals surface area contributed by atoms with E-state index in [4.69, 9.17) is 15.2 Å². The van der Waals surface area contributed by atoms with Gasteiger partial charge in [0.2, 0.25) is 0 Å². The first-order chi connectivity index (χ1) is 11.3. The van der Waals surface area contributed by atoms with Gasteiger partial charge in [-0.25, -0.2) is 4.68 Å². The first-order valence-corrected chi connectivity index (χ1v) is 8.02. The molecule has 3 heterocycles. The molecule has 1 aromatic heterocycles. The largest absolute Gasteiger partial charge is 0.490 e. The second-order valence-electron chi connectivity index (χ2n) is 6.10. The summed E-state index contributed by atoms with van der Waals surface area (Å²) in [5.41, 5.74) is 7.44. The van der Waals surface area contributed by atoms with Gasteiger partial charge in [0.25, 0.3) is 0 Å². The maximum atomic E-state index is 6.29. The molecule has 2 N–H and O–H groups in total. The van der Waals surface area contributed by atoms with Crippen LogP contribution in [0.3, 0.4) is 0 Å². The lowest BCUT2D eigenvalue weighted by atomic mass is 10.1. The topological polar surface area (TPSA) is 78.4 Å². The number of hydrogen-bond donors (Lipinski definition) is 1. The molecule has 0 bridgehead atoms. The van der Waals surface area contributed by atoms with Crippen LogP contribution in [0.5, 0.6) is 11.5 Å². The second-order valence-corrected chi connectivity index (χ2v) is 6.10. The van der Waals surface area contributed by atoms with Gasteiger partial charge in [-0.1, -0.05) is 17.3 Å². The Morgan fingerprint density at radius 1 is 1.22 bits per heavy atom. The summed E-state index contributed by atoms with van der Waals surface area (Å²) >= 11 is 0. The standard InChI is InChI=1S/C16H21N5O2/c17-13-10-20(11-14(13)21-6-5-18-19-21)9-12-3-1-4-15-16(12)23-8-2-7-22-15/h1,3-6,13-14H,2,7-11,17H2/t13-,14+/m1/s1. The molecule has 0 unspecified atom stereocenters. The summed E-state index contributed by atoms with van der Waals surface area (Å²) < 4.78 is 13.5. The quantitative estimate of drug-likeness (QED) is 0.903. The van der Waals surface area contributed by atoms with Crippen LogP contribution in [0.1, 0.15) is 18.0 Å². The Morgan fingerprint density at radius 2 is 2.13 bits per heavy atom.